The molecule has 0 aliphatic carbocycles. The molecule has 1 N–H and O–H groups in total. The van der Waals surface area contributed by atoms with Crippen molar-refractivity contribution in [3.63, 3.8) is 0 Å². The molecular weight excluding hydrogens is 282 g/mol. The summed E-state index contributed by atoms with van der Waals surface area (Å²) in [7, 11) is 0.362. The minimum atomic E-state index is -3.47. The minimum absolute atomic E-state index is 0.106. The van der Waals surface area contributed by atoms with Crippen LogP contribution in [0.2, 0.25) is 0 Å². The van der Waals surface area contributed by atoms with Gasteiger partial charge in [0, 0.05) is 18.7 Å². The molecule has 1 aromatic rings. The zero-order chi connectivity index (χ0) is 15.2. The Hall–Kier alpha value is -1.51. The lowest BCUT2D eigenvalue weighted by Gasteiger charge is -2.10. The Morgan fingerprint density at radius 3 is 2.65 bits per heavy atom. The molecule has 0 spiro atoms. The first kappa shape index (κ1) is 16.5. The molecule has 0 amide bonds. The molecule has 0 aliphatic rings. The minimum Gasteiger partial charge on any atom is -0.309 e. The van der Waals surface area contributed by atoms with Gasteiger partial charge in [-0.25, -0.2) is 13.1 Å². The number of non-ortho nitro benzene ring substituents is 1. The molecule has 8 heteroatoms. The number of rotatable bonds is 8. The Labute approximate surface area is 118 Å². The van der Waals surface area contributed by atoms with Crippen LogP contribution in [0.25, 0.3) is 0 Å². The summed E-state index contributed by atoms with van der Waals surface area (Å²) in [6.45, 7) is 1.15. The smallest absolute Gasteiger partial charge is 0.269 e. The highest BCUT2D eigenvalue weighted by Gasteiger charge is 2.13. The van der Waals surface area contributed by atoms with E-state index >= 15 is 0 Å². The first-order valence-electron chi connectivity index (χ1n) is 6.15. The van der Waals surface area contributed by atoms with Gasteiger partial charge >= 0.3 is 0 Å². The highest BCUT2D eigenvalue weighted by molar-refractivity contribution is 7.88. The summed E-state index contributed by atoms with van der Waals surface area (Å²) >= 11 is 0. The van der Waals surface area contributed by atoms with E-state index in [1.54, 1.807) is 6.07 Å². The van der Waals surface area contributed by atoms with E-state index < -0.39 is 14.9 Å². The average molecular weight is 301 g/mol. The lowest BCUT2D eigenvalue weighted by atomic mass is 10.2. The summed E-state index contributed by atoms with van der Waals surface area (Å²) in [4.78, 5) is 12.1. The lowest BCUT2D eigenvalue weighted by molar-refractivity contribution is -0.384. The molecule has 0 radical (unpaired) electrons. The number of nitro groups is 1. The van der Waals surface area contributed by atoms with Crippen molar-refractivity contribution in [2.45, 2.75) is 12.2 Å². The van der Waals surface area contributed by atoms with Gasteiger partial charge in [-0.1, -0.05) is 12.1 Å². The van der Waals surface area contributed by atoms with Crippen molar-refractivity contribution in [2.24, 2.45) is 0 Å². The van der Waals surface area contributed by atoms with Gasteiger partial charge in [0.25, 0.3) is 5.69 Å². The van der Waals surface area contributed by atoms with Crippen molar-refractivity contribution in [3.05, 3.63) is 39.9 Å². The number of benzene rings is 1. The molecule has 112 valence electrons. The summed E-state index contributed by atoms with van der Waals surface area (Å²) < 4.78 is 26.1. The number of nitrogens with one attached hydrogen (secondary N) is 1. The Balaban J connectivity index is 2.57. The second kappa shape index (κ2) is 7.32. The van der Waals surface area contributed by atoms with E-state index in [2.05, 4.69) is 4.72 Å². The van der Waals surface area contributed by atoms with Gasteiger partial charge in [0.15, 0.2) is 0 Å². The maximum absolute atomic E-state index is 11.8. The van der Waals surface area contributed by atoms with Gasteiger partial charge < -0.3 is 4.90 Å². The third-order valence-corrected chi connectivity index (χ3v) is 3.94. The molecule has 7 nitrogen and oxygen atoms in total. The number of sulfonamides is 1. The van der Waals surface area contributed by atoms with Crippen LogP contribution >= 0.6 is 0 Å². The van der Waals surface area contributed by atoms with Gasteiger partial charge in [-0.3, -0.25) is 10.1 Å². The first-order valence-corrected chi connectivity index (χ1v) is 7.81. The van der Waals surface area contributed by atoms with Crippen molar-refractivity contribution in [1.82, 2.24) is 9.62 Å². The zero-order valence-electron chi connectivity index (χ0n) is 11.6. The van der Waals surface area contributed by atoms with E-state index in [0.717, 1.165) is 6.54 Å². The number of nitro benzene ring substituents is 1. The molecule has 0 aliphatic heterocycles. The highest BCUT2D eigenvalue weighted by Crippen LogP contribution is 2.14. The fourth-order valence-electron chi connectivity index (χ4n) is 1.65. The van der Waals surface area contributed by atoms with Crippen LogP contribution < -0.4 is 4.72 Å². The summed E-state index contributed by atoms with van der Waals surface area (Å²) in [5.74, 6) is -0.253. The van der Waals surface area contributed by atoms with Gasteiger partial charge in [0.1, 0.15) is 0 Å². The Morgan fingerprint density at radius 1 is 1.35 bits per heavy atom. The molecule has 0 atom stereocenters. The van der Waals surface area contributed by atoms with E-state index in [0.29, 0.717) is 18.5 Å². The van der Waals surface area contributed by atoms with Crippen LogP contribution in [0.1, 0.15) is 12.0 Å². The number of nitrogens with zero attached hydrogens (tertiary/aromatic N) is 2. The molecule has 20 heavy (non-hydrogen) atoms. The standard InChI is InChI=1S/C12H19N3O4S/c1-14(2)8-4-7-13-20(18,19)10-11-5-3-6-12(9-11)15(16)17/h3,5-6,9,13H,4,7-8,10H2,1-2H3. The van der Waals surface area contributed by atoms with Crippen molar-refractivity contribution in [2.75, 3.05) is 27.2 Å². The van der Waals surface area contributed by atoms with Crippen LogP contribution in [0.15, 0.2) is 24.3 Å². The molecule has 0 unspecified atom stereocenters. The van der Waals surface area contributed by atoms with Crippen LogP contribution in [0.4, 0.5) is 5.69 Å². The lowest BCUT2D eigenvalue weighted by Crippen LogP contribution is -2.28. The highest BCUT2D eigenvalue weighted by atomic mass is 32.2. The maximum Gasteiger partial charge on any atom is 0.269 e. The fourth-order valence-corrected chi connectivity index (χ4v) is 2.83. The Morgan fingerprint density at radius 2 is 2.05 bits per heavy atom. The fraction of sp³-hybridized carbons (Fsp3) is 0.500. The van der Waals surface area contributed by atoms with Crippen molar-refractivity contribution in [3.8, 4) is 0 Å². The normalized spacial score (nSPS) is 11.8. The Bertz CT molecular complexity index is 558. The molecule has 0 saturated heterocycles. The van der Waals surface area contributed by atoms with Crippen LogP contribution in [-0.2, 0) is 15.8 Å². The summed E-state index contributed by atoms with van der Waals surface area (Å²) in [6, 6.07) is 5.65. The van der Waals surface area contributed by atoms with Gasteiger partial charge in [0.2, 0.25) is 10.0 Å². The third kappa shape index (κ3) is 6.09. The quantitative estimate of drug-likeness (QED) is 0.439. The topological polar surface area (TPSA) is 92.6 Å². The molecule has 0 saturated carbocycles. The molecule has 0 aromatic heterocycles. The summed E-state index contributed by atoms with van der Waals surface area (Å²) in [5, 5.41) is 10.6. The number of hydrogen-bond donors (Lipinski definition) is 1. The third-order valence-electron chi connectivity index (χ3n) is 2.58. The van der Waals surface area contributed by atoms with Crippen LogP contribution in [0, 0.1) is 10.1 Å². The van der Waals surface area contributed by atoms with E-state index in [1.165, 1.54) is 18.2 Å². The summed E-state index contributed by atoms with van der Waals surface area (Å²) in [5.41, 5.74) is 0.296. The molecule has 0 fully saturated rings. The van der Waals surface area contributed by atoms with Crippen LogP contribution in [0.3, 0.4) is 0 Å². The first-order chi connectivity index (χ1) is 9.30. The Kier molecular flexibility index (Phi) is 6.05. The summed E-state index contributed by atoms with van der Waals surface area (Å²) in [6.07, 6.45) is 0.709. The average Bonchev–Trinajstić information content (AvgIpc) is 2.34. The monoisotopic (exact) mass is 301 g/mol. The second-order valence-electron chi connectivity index (χ2n) is 4.74. The maximum atomic E-state index is 11.8. The molecule has 1 aromatic carbocycles. The molecule has 0 heterocycles. The van der Waals surface area contributed by atoms with Crippen molar-refractivity contribution < 1.29 is 13.3 Å². The zero-order valence-corrected chi connectivity index (χ0v) is 12.4. The molecule has 1 rings (SSSR count). The van der Waals surface area contributed by atoms with Gasteiger partial charge in [-0.05, 0) is 32.6 Å². The SMILES string of the molecule is CN(C)CCCNS(=O)(=O)Cc1cccc([N+](=O)[O-])c1. The van der Waals surface area contributed by atoms with Gasteiger partial charge in [0.05, 0.1) is 10.7 Å². The molecule has 0 bridgehead atoms. The molecular formula is C12H19N3O4S. The van der Waals surface area contributed by atoms with Crippen molar-refractivity contribution >= 4 is 15.7 Å². The van der Waals surface area contributed by atoms with E-state index in [-0.39, 0.29) is 11.4 Å². The van der Waals surface area contributed by atoms with E-state index in [1.807, 2.05) is 19.0 Å². The predicted octanol–water partition coefficient (Wildman–Crippen LogP) is 0.966. The van der Waals surface area contributed by atoms with E-state index in [9.17, 15) is 18.5 Å². The largest absolute Gasteiger partial charge is 0.309 e. The van der Waals surface area contributed by atoms with E-state index in [4.69, 9.17) is 0 Å². The van der Waals surface area contributed by atoms with Crippen LogP contribution in [0.5, 0.6) is 0 Å². The van der Waals surface area contributed by atoms with Crippen molar-refractivity contribution in [1.29, 1.82) is 0 Å². The second-order valence-corrected chi connectivity index (χ2v) is 6.54. The van der Waals surface area contributed by atoms with Crippen LogP contribution in [-0.4, -0.2) is 45.4 Å². The number of hydrogen-bond acceptors (Lipinski definition) is 5. The van der Waals surface area contributed by atoms with Gasteiger partial charge in [-0.15, -0.1) is 0 Å². The predicted molar refractivity (Wildman–Crippen MR) is 76.9 cm³/mol. The van der Waals surface area contributed by atoms with Gasteiger partial charge in [-0.2, -0.15) is 0 Å².